The summed E-state index contributed by atoms with van der Waals surface area (Å²) in [6.07, 6.45) is -0.409. The molecule has 2 heterocycles. The third kappa shape index (κ3) is 3.40. The molecule has 158 valence electrons. The Hall–Kier alpha value is -3.69. The number of ether oxygens (including phenoxy) is 1. The number of anilines is 1. The molecule has 0 amide bonds. The Balaban J connectivity index is 2.38. The van der Waals surface area contributed by atoms with Gasteiger partial charge in [0.25, 0.3) is 11.2 Å². The van der Waals surface area contributed by atoms with E-state index >= 15 is 0 Å². The molecule has 0 aliphatic carbocycles. The lowest BCUT2D eigenvalue weighted by molar-refractivity contribution is -0.384. The number of non-ortho nitro benzene ring substituents is 1. The predicted octanol–water partition coefficient (Wildman–Crippen LogP) is 1.78. The van der Waals surface area contributed by atoms with Crippen molar-refractivity contribution in [1.82, 2.24) is 9.13 Å². The number of carbonyl (C=O) groups is 1. The molecule has 1 aromatic carbocycles. The minimum atomic E-state index is -0.946. The van der Waals surface area contributed by atoms with Gasteiger partial charge in [-0.1, -0.05) is 12.1 Å². The van der Waals surface area contributed by atoms with Crippen molar-refractivity contribution in [3.8, 4) is 0 Å². The number of aromatic nitrogens is 2. The van der Waals surface area contributed by atoms with Gasteiger partial charge < -0.3 is 10.1 Å². The first kappa shape index (κ1) is 21.0. The van der Waals surface area contributed by atoms with Gasteiger partial charge in [0.1, 0.15) is 5.82 Å². The van der Waals surface area contributed by atoms with Crippen LogP contribution in [0.25, 0.3) is 0 Å². The predicted molar refractivity (Wildman–Crippen MR) is 109 cm³/mol. The highest BCUT2D eigenvalue weighted by Crippen LogP contribution is 2.40. The number of nitro groups is 1. The molecule has 0 saturated heterocycles. The number of nitrogens with zero attached hydrogens (tertiary/aromatic N) is 3. The summed E-state index contributed by atoms with van der Waals surface area (Å²) in [6.45, 7) is 5.03. The van der Waals surface area contributed by atoms with Crippen molar-refractivity contribution in [2.45, 2.75) is 32.8 Å². The molecule has 0 saturated carbocycles. The van der Waals surface area contributed by atoms with Crippen LogP contribution in [-0.4, -0.2) is 26.1 Å². The summed E-state index contributed by atoms with van der Waals surface area (Å²) in [5.41, 5.74) is -0.243. The maximum atomic E-state index is 13.1. The summed E-state index contributed by atoms with van der Waals surface area (Å²) in [6, 6.07) is 5.74. The van der Waals surface area contributed by atoms with Crippen LogP contribution in [0.2, 0.25) is 0 Å². The summed E-state index contributed by atoms with van der Waals surface area (Å²) in [5, 5.41) is 14.3. The topological polar surface area (TPSA) is 125 Å². The van der Waals surface area contributed by atoms with E-state index in [1.165, 1.54) is 36.9 Å². The fourth-order valence-corrected chi connectivity index (χ4v) is 3.59. The van der Waals surface area contributed by atoms with Crippen molar-refractivity contribution in [3.05, 3.63) is 77.6 Å². The normalized spacial score (nSPS) is 15.6. The molecule has 10 heteroatoms. The molecule has 1 aliphatic heterocycles. The summed E-state index contributed by atoms with van der Waals surface area (Å²) < 4.78 is 7.59. The second kappa shape index (κ2) is 7.62. The average molecular weight is 414 g/mol. The van der Waals surface area contributed by atoms with Gasteiger partial charge >= 0.3 is 11.7 Å². The fourth-order valence-electron chi connectivity index (χ4n) is 3.59. The highest BCUT2D eigenvalue weighted by Gasteiger charge is 2.38. The minimum absolute atomic E-state index is 0.140. The largest absolute Gasteiger partial charge is 0.460 e. The van der Waals surface area contributed by atoms with Crippen molar-refractivity contribution >= 4 is 17.5 Å². The van der Waals surface area contributed by atoms with Crippen LogP contribution in [0, 0.1) is 10.1 Å². The lowest BCUT2D eigenvalue weighted by Gasteiger charge is -2.31. The van der Waals surface area contributed by atoms with E-state index in [2.05, 4.69) is 5.32 Å². The van der Waals surface area contributed by atoms with Crippen LogP contribution in [0.15, 0.2) is 45.1 Å². The maximum Gasteiger partial charge on any atom is 0.337 e. The second-order valence-electron chi connectivity index (χ2n) is 7.37. The highest BCUT2D eigenvalue weighted by atomic mass is 16.6. The van der Waals surface area contributed by atoms with Crippen molar-refractivity contribution in [3.63, 3.8) is 0 Å². The molecule has 1 aromatic heterocycles. The van der Waals surface area contributed by atoms with Crippen LogP contribution in [0.3, 0.4) is 0 Å². The van der Waals surface area contributed by atoms with Crippen LogP contribution < -0.4 is 16.6 Å². The van der Waals surface area contributed by atoms with Gasteiger partial charge in [-0.15, -0.1) is 0 Å². The first-order chi connectivity index (χ1) is 14.0. The van der Waals surface area contributed by atoms with E-state index in [-0.39, 0.29) is 22.6 Å². The highest BCUT2D eigenvalue weighted by molar-refractivity contribution is 5.94. The number of allylic oxidation sites excluding steroid dienone is 1. The molecule has 3 rings (SSSR count). The van der Waals surface area contributed by atoms with Gasteiger partial charge in [0, 0.05) is 31.9 Å². The molecule has 10 nitrogen and oxygen atoms in total. The van der Waals surface area contributed by atoms with Crippen molar-refractivity contribution in [2.24, 2.45) is 14.1 Å². The fraction of sp³-hybridized carbons (Fsp3) is 0.350. The number of nitro benzene ring substituents is 1. The summed E-state index contributed by atoms with van der Waals surface area (Å²) >= 11 is 0. The molecular weight excluding hydrogens is 392 g/mol. The van der Waals surface area contributed by atoms with Crippen molar-refractivity contribution in [2.75, 3.05) is 5.32 Å². The lowest BCUT2D eigenvalue weighted by Crippen LogP contribution is -2.43. The van der Waals surface area contributed by atoms with E-state index in [1.54, 1.807) is 26.8 Å². The summed E-state index contributed by atoms with van der Waals surface area (Å²) in [7, 11) is 2.84. The van der Waals surface area contributed by atoms with Crippen molar-refractivity contribution < 1.29 is 14.5 Å². The minimum Gasteiger partial charge on any atom is -0.460 e. The smallest absolute Gasteiger partial charge is 0.337 e. The van der Waals surface area contributed by atoms with Crippen LogP contribution in [0.5, 0.6) is 0 Å². The van der Waals surface area contributed by atoms with Crippen LogP contribution in [0.4, 0.5) is 11.5 Å². The molecule has 0 fully saturated rings. The van der Waals surface area contributed by atoms with Gasteiger partial charge in [-0.25, -0.2) is 9.59 Å². The number of benzene rings is 1. The van der Waals surface area contributed by atoms with E-state index in [4.69, 9.17) is 4.74 Å². The summed E-state index contributed by atoms with van der Waals surface area (Å²) in [5.74, 6) is -1.36. The Labute approximate surface area is 171 Å². The number of rotatable bonds is 4. The standard InChI is InChI=1S/C20H22N4O6/c1-10(2)30-19(26)14-11(3)21-17-16(18(25)23(5)20(27)22(17)4)15(14)12-7-6-8-13(9-12)24(28)29/h6-10,15,21H,1-5H3. The van der Waals surface area contributed by atoms with Crippen LogP contribution >= 0.6 is 0 Å². The second-order valence-corrected chi connectivity index (χ2v) is 7.37. The molecule has 2 aromatic rings. The third-order valence-electron chi connectivity index (χ3n) is 4.96. The number of nitrogens with one attached hydrogen (secondary N) is 1. The molecule has 0 bridgehead atoms. The Bertz CT molecular complexity index is 1200. The number of hydrogen-bond donors (Lipinski definition) is 1. The van der Waals surface area contributed by atoms with Gasteiger partial charge in [0.2, 0.25) is 0 Å². The number of carbonyl (C=O) groups excluding carboxylic acids is 1. The molecule has 1 atom stereocenters. The van der Waals surface area contributed by atoms with E-state index in [0.29, 0.717) is 11.3 Å². The molecule has 1 N–H and O–H groups in total. The maximum absolute atomic E-state index is 13.1. The zero-order valence-corrected chi connectivity index (χ0v) is 17.3. The monoisotopic (exact) mass is 414 g/mol. The molecule has 30 heavy (non-hydrogen) atoms. The van der Waals surface area contributed by atoms with Gasteiger partial charge in [0.05, 0.1) is 28.1 Å². The molecule has 1 unspecified atom stereocenters. The van der Waals surface area contributed by atoms with Gasteiger partial charge in [-0.05, 0) is 26.3 Å². The zero-order chi connectivity index (χ0) is 22.3. The van der Waals surface area contributed by atoms with E-state index in [0.717, 1.165) is 4.57 Å². The lowest BCUT2D eigenvalue weighted by atomic mass is 9.82. The Morgan fingerprint density at radius 1 is 1.23 bits per heavy atom. The third-order valence-corrected chi connectivity index (χ3v) is 4.96. The van der Waals surface area contributed by atoms with Gasteiger partial charge in [0.15, 0.2) is 0 Å². The van der Waals surface area contributed by atoms with Crippen LogP contribution in [0.1, 0.15) is 37.8 Å². The van der Waals surface area contributed by atoms with Gasteiger partial charge in [-0.3, -0.25) is 24.0 Å². The SMILES string of the molecule is CC1=C(C(=O)OC(C)C)C(c2cccc([N+](=O)[O-])c2)c2c(n(C)c(=O)n(C)c2=O)N1. The van der Waals surface area contributed by atoms with E-state index < -0.39 is 34.2 Å². The summed E-state index contributed by atoms with van der Waals surface area (Å²) in [4.78, 5) is 49.2. The zero-order valence-electron chi connectivity index (χ0n) is 17.3. The number of esters is 1. The van der Waals surface area contributed by atoms with Crippen LogP contribution in [-0.2, 0) is 23.6 Å². The molecular formula is C20H22N4O6. The average Bonchev–Trinajstić information content (AvgIpc) is 2.69. The first-order valence-electron chi connectivity index (χ1n) is 9.27. The van der Waals surface area contributed by atoms with E-state index in [9.17, 15) is 24.5 Å². The van der Waals surface area contributed by atoms with E-state index in [1.807, 2.05) is 0 Å². The quantitative estimate of drug-likeness (QED) is 0.459. The Kier molecular flexibility index (Phi) is 5.34. The molecule has 0 spiro atoms. The van der Waals surface area contributed by atoms with Crippen molar-refractivity contribution in [1.29, 1.82) is 0 Å². The Morgan fingerprint density at radius 2 is 1.90 bits per heavy atom. The van der Waals surface area contributed by atoms with Gasteiger partial charge in [-0.2, -0.15) is 0 Å². The number of hydrogen-bond acceptors (Lipinski definition) is 7. The first-order valence-corrected chi connectivity index (χ1v) is 9.27. The molecule has 0 radical (unpaired) electrons. The number of fused-ring (bicyclic) bond motifs is 1. The molecule has 1 aliphatic rings. The Morgan fingerprint density at radius 3 is 2.50 bits per heavy atom.